The molecule has 0 bridgehead atoms. The fourth-order valence-corrected chi connectivity index (χ4v) is 5.22. The average Bonchev–Trinajstić information content (AvgIpc) is 2.89. The molecule has 110 valence electrons. The number of ether oxygens (including phenoxy) is 2. The number of alkyl halides is 1. The quantitative estimate of drug-likeness (QED) is 0.654. The first kappa shape index (κ1) is 15.2. The number of halogens is 2. The fraction of sp³-hybridized carbons (Fsp3) is 0.600. The van der Waals surface area contributed by atoms with Crippen molar-refractivity contribution < 1.29 is 9.47 Å². The number of benzene rings is 1. The Morgan fingerprint density at radius 3 is 3.10 bits per heavy atom. The zero-order chi connectivity index (χ0) is 14.0. The fourth-order valence-electron chi connectivity index (χ4n) is 2.90. The zero-order valence-electron chi connectivity index (χ0n) is 11.2. The zero-order valence-corrected chi connectivity index (χ0v) is 15.2. The molecule has 2 saturated heterocycles. The first-order chi connectivity index (χ1) is 9.72. The molecule has 2 aliphatic heterocycles. The summed E-state index contributed by atoms with van der Waals surface area (Å²) in [5, 5.41) is 0.811. The van der Waals surface area contributed by atoms with Gasteiger partial charge in [0, 0.05) is 29.5 Å². The smallest absolute Gasteiger partial charge is 0.137 e. The second-order valence-electron chi connectivity index (χ2n) is 5.43. The predicted octanol–water partition coefficient (Wildman–Crippen LogP) is 4.78. The maximum Gasteiger partial charge on any atom is 0.137 e. The summed E-state index contributed by atoms with van der Waals surface area (Å²) in [4.78, 5) is 0. The molecule has 2 aliphatic rings. The van der Waals surface area contributed by atoms with E-state index in [-0.39, 0.29) is 11.7 Å². The van der Waals surface area contributed by atoms with E-state index >= 15 is 0 Å². The minimum absolute atomic E-state index is 0.0728. The van der Waals surface area contributed by atoms with Crippen LogP contribution in [-0.2, 0) is 10.1 Å². The molecule has 1 aromatic carbocycles. The minimum atomic E-state index is 0.0728. The van der Waals surface area contributed by atoms with Gasteiger partial charge in [-0.3, -0.25) is 0 Å². The summed E-state index contributed by atoms with van der Waals surface area (Å²) >= 11 is 9.15. The maximum atomic E-state index is 6.33. The lowest BCUT2D eigenvalue weighted by atomic mass is 9.91. The van der Waals surface area contributed by atoms with Crippen molar-refractivity contribution in [1.82, 2.24) is 0 Å². The van der Waals surface area contributed by atoms with Crippen molar-refractivity contribution in [3.8, 4) is 5.75 Å². The van der Waals surface area contributed by atoms with Crippen LogP contribution < -0.4 is 4.74 Å². The van der Waals surface area contributed by atoms with Crippen LogP contribution >= 0.6 is 43.6 Å². The van der Waals surface area contributed by atoms with Crippen LogP contribution in [0, 0.1) is 0 Å². The molecule has 0 radical (unpaired) electrons. The van der Waals surface area contributed by atoms with Crippen molar-refractivity contribution in [3.63, 3.8) is 0 Å². The Hall–Kier alpha value is 0.290. The summed E-state index contributed by atoms with van der Waals surface area (Å²) in [7, 11) is 0. The molecular weight excluding hydrogens is 404 g/mol. The van der Waals surface area contributed by atoms with Crippen molar-refractivity contribution in [3.05, 3.63) is 28.2 Å². The molecule has 2 atom stereocenters. The predicted molar refractivity (Wildman–Crippen MR) is 91.0 cm³/mol. The molecule has 5 heteroatoms. The molecule has 0 amide bonds. The molecule has 0 aromatic heterocycles. The summed E-state index contributed by atoms with van der Waals surface area (Å²) in [5.74, 6) is 3.32. The third kappa shape index (κ3) is 3.21. The minimum Gasteiger partial charge on any atom is -0.489 e. The van der Waals surface area contributed by atoms with Crippen molar-refractivity contribution >= 4 is 43.6 Å². The van der Waals surface area contributed by atoms with Gasteiger partial charge in [-0.1, -0.05) is 28.1 Å². The molecule has 2 nitrogen and oxygen atoms in total. The monoisotopic (exact) mass is 420 g/mol. The first-order valence-electron chi connectivity index (χ1n) is 6.94. The molecule has 2 heterocycles. The molecule has 20 heavy (non-hydrogen) atoms. The molecule has 1 spiro atoms. The average molecular weight is 422 g/mol. The van der Waals surface area contributed by atoms with E-state index in [9.17, 15) is 0 Å². The van der Waals surface area contributed by atoms with Crippen molar-refractivity contribution in [2.24, 2.45) is 0 Å². The Labute approximate surface area is 141 Å². The third-order valence-corrected chi connectivity index (χ3v) is 6.44. The van der Waals surface area contributed by atoms with E-state index < -0.39 is 0 Å². The summed E-state index contributed by atoms with van der Waals surface area (Å²) in [6.45, 7) is 0.819. The van der Waals surface area contributed by atoms with Crippen LogP contribution in [0.25, 0.3) is 0 Å². The molecule has 3 rings (SSSR count). The number of thioether (sulfide) groups is 1. The SMILES string of the molecule is BrCc1cccc(Br)c1OC1CCOC2(CCSC2)C1. The van der Waals surface area contributed by atoms with Crippen LogP contribution in [0.4, 0.5) is 0 Å². The Morgan fingerprint density at radius 2 is 2.35 bits per heavy atom. The topological polar surface area (TPSA) is 18.5 Å². The molecule has 2 fully saturated rings. The highest BCUT2D eigenvalue weighted by atomic mass is 79.9. The van der Waals surface area contributed by atoms with Crippen molar-refractivity contribution in [2.75, 3.05) is 18.1 Å². The van der Waals surface area contributed by atoms with Gasteiger partial charge in [-0.2, -0.15) is 11.8 Å². The number of rotatable bonds is 3. The normalized spacial score (nSPS) is 29.8. The maximum absolute atomic E-state index is 6.33. The van der Waals surface area contributed by atoms with Gasteiger partial charge in [0.25, 0.3) is 0 Å². The summed E-state index contributed by atoms with van der Waals surface area (Å²) < 4.78 is 13.4. The molecular formula is C15H18Br2O2S. The van der Waals surface area contributed by atoms with Gasteiger partial charge in [0.1, 0.15) is 11.9 Å². The van der Waals surface area contributed by atoms with Gasteiger partial charge >= 0.3 is 0 Å². The Kier molecular flexibility index (Phi) is 5.01. The molecule has 0 aliphatic carbocycles. The lowest BCUT2D eigenvalue weighted by Crippen LogP contribution is -2.43. The highest BCUT2D eigenvalue weighted by molar-refractivity contribution is 9.10. The van der Waals surface area contributed by atoms with Crippen molar-refractivity contribution in [2.45, 2.75) is 36.3 Å². The van der Waals surface area contributed by atoms with E-state index in [2.05, 4.69) is 37.9 Å². The number of para-hydroxylation sites is 1. The van der Waals surface area contributed by atoms with E-state index in [1.54, 1.807) is 0 Å². The van der Waals surface area contributed by atoms with Gasteiger partial charge < -0.3 is 9.47 Å². The highest BCUT2D eigenvalue weighted by Gasteiger charge is 2.41. The lowest BCUT2D eigenvalue weighted by Gasteiger charge is -2.38. The first-order valence-corrected chi connectivity index (χ1v) is 10.0. The van der Waals surface area contributed by atoms with Crippen LogP contribution in [0.1, 0.15) is 24.8 Å². The standard InChI is InChI=1S/C15H18Br2O2S/c16-9-11-2-1-3-13(17)14(11)19-12-4-6-18-15(8-12)5-7-20-10-15/h1-3,12H,4-10H2. The second-order valence-corrected chi connectivity index (χ2v) is 7.95. The number of hydrogen-bond acceptors (Lipinski definition) is 3. The van der Waals surface area contributed by atoms with Crippen molar-refractivity contribution in [1.29, 1.82) is 0 Å². The highest BCUT2D eigenvalue weighted by Crippen LogP contribution is 2.40. The molecule has 0 N–H and O–H groups in total. The van der Waals surface area contributed by atoms with E-state index in [1.807, 2.05) is 23.9 Å². The van der Waals surface area contributed by atoms with E-state index in [0.717, 1.165) is 40.8 Å². The van der Waals surface area contributed by atoms with E-state index in [0.29, 0.717) is 0 Å². The van der Waals surface area contributed by atoms with Crippen LogP contribution in [-0.4, -0.2) is 29.8 Å². The summed E-state index contributed by atoms with van der Waals surface area (Å²) in [6.07, 6.45) is 3.43. The van der Waals surface area contributed by atoms with E-state index in [1.165, 1.54) is 17.7 Å². The van der Waals surface area contributed by atoms with E-state index in [4.69, 9.17) is 9.47 Å². The summed E-state index contributed by atoms with van der Waals surface area (Å²) in [5.41, 5.74) is 1.27. The molecule has 2 unspecified atom stereocenters. The summed E-state index contributed by atoms with van der Waals surface area (Å²) in [6, 6.07) is 6.20. The number of hydrogen-bond donors (Lipinski definition) is 0. The van der Waals surface area contributed by atoms with Gasteiger partial charge in [0.15, 0.2) is 0 Å². The van der Waals surface area contributed by atoms with Gasteiger partial charge in [-0.05, 0) is 34.2 Å². The molecule has 0 saturated carbocycles. The Bertz CT molecular complexity index is 475. The Morgan fingerprint density at radius 1 is 1.45 bits per heavy atom. The van der Waals surface area contributed by atoms with Gasteiger partial charge in [0.2, 0.25) is 0 Å². The van der Waals surface area contributed by atoms with Crippen LogP contribution in [0.2, 0.25) is 0 Å². The third-order valence-electron chi connectivity index (χ3n) is 3.99. The van der Waals surface area contributed by atoms with Crippen LogP contribution in [0.3, 0.4) is 0 Å². The van der Waals surface area contributed by atoms with Gasteiger partial charge in [-0.15, -0.1) is 0 Å². The second kappa shape index (κ2) is 6.59. The lowest BCUT2D eigenvalue weighted by molar-refractivity contribution is -0.0961. The Balaban J connectivity index is 1.74. The van der Waals surface area contributed by atoms with Gasteiger partial charge in [0.05, 0.1) is 16.7 Å². The van der Waals surface area contributed by atoms with Crippen LogP contribution in [0.15, 0.2) is 22.7 Å². The van der Waals surface area contributed by atoms with Crippen LogP contribution in [0.5, 0.6) is 5.75 Å². The largest absolute Gasteiger partial charge is 0.489 e. The van der Waals surface area contributed by atoms with Gasteiger partial charge in [-0.25, -0.2) is 0 Å². The molecule has 1 aromatic rings.